The molecule has 0 atom stereocenters. The SMILES string of the molecule is CN(CCC(N)=S)C(=O)c1ccccc1Br. The van der Waals surface area contributed by atoms with Gasteiger partial charge in [0.15, 0.2) is 0 Å². The molecular weight excluding hydrogens is 288 g/mol. The molecule has 0 aliphatic heterocycles. The third-order valence-electron chi connectivity index (χ3n) is 2.14. The molecule has 0 aliphatic rings. The monoisotopic (exact) mass is 300 g/mol. The first kappa shape index (κ1) is 13.1. The molecule has 0 radical (unpaired) electrons. The van der Waals surface area contributed by atoms with Crippen molar-refractivity contribution in [2.24, 2.45) is 5.73 Å². The molecule has 0 saturated heterocycles. The highest BCUT2D eigenvalue weighted by Gasteiger charge is 2.13. The average Bonchev–Trinajstić information content (AvgIpc) is 2.25. The molecular formula is C11H13BrN2OS. The second-order valence-corrected chi connectivity index (χ2v) is 4.80. The number of rotatable bonds is 4. The van der Waals surface area contributed by atoms with Crippen molar-refractivity contribution in [2.75, 3.05) is 13.6 Å². The zero-order valence-corrected chi connectivity index (χ0v) is 11.3. The van der Waals surface area contributed by atoms with Gasteiger partial charge < -0.3 is 10.6 Å². The smallest absolute Gasteiger partial charge is 0.254 e. The van der Waals surface area contributed by atoms with Crippen LogP contribution in [0.5, 0.6) is 0 Å². The lowest BCUT2D eigenvalue weighted by molar-refractivity contribution is 0.0798. The molecule has 0 unspecified atom stereocenters. The van der Waals surface area contributed by atoms with E-state index in [0.29, 0.717) is 23.5 Å². The zero-order valence-electron chi connectivity index (χ0n) is 8.94. The van der Waals surface area contributed by atoms with Crippen LogP contribution in [-0.4, -0.2) is 29.4 Å². The summed E-state index contributed by atoms with van der Waals surface area (Å²) in [4.78, 5) is 14.0. The van der Waals surface area contributed by atoms with Gasteiger partial charge in [0, 0.05) is 24.5 Å². The van der Waals surface area contributed by atoms with Crippen LogP contribution < -0.4 is 5.73 Å². The Morgan fingerprint density at radius 1 is 1.50 bits per heavy atom. The van der Waals surface area contributed by atoms with Crippen LogP contribution in [0.4, 0.5) is 0 Å². The first-order valence-electron chi connectivity index (χ1n) is 4.80. The van der Waals surface area contributed by atoms with Gasteiger partial charge in [0.05, 0.1) is 10.6 Å². The van der Waals surface area contributed by atoms with Crippen LogP contribution in [0.15, 0.2) is 28.7 Å². The van der Waals surface area contributed by atoms with E-state index in [0.717, 1.165) is 4.47 Å². The van der Waals surface area contributed by atoms with Crippen LogP contribution in [0, 0.1) is 0 Å². The Labute approximate surface area is 109 Å². The Bertz CT molecular complexity index is 409. The molecule has 0 spiro atoms. The predicted molar refractivity (Wildman–Crippen MR) is 72.5 cm³/mol. The van der Waals surface area contributed by atoms with Crippen molar-refractivity contribution in [1.82, 2.24) is 4.90 Å². The van der Waals surface area contributed by atoms with E-state index in [-0.39, 0.29) is 5.91 Å². The number of carbonyl (C=O) groups excluding carboxylic acids is 1. The van der Waals surface area contributed by atoms with Crippen molar-refractivity contribution < 1.29 is 4.79 Å². The predicted octanol–water partition coefficient (Wildman–Crippen LogP) is 2.20. The fourth-order valence-electron chi connectivity index (χ4n) is 1.22. The normalized spacial score (nSPS) is 9.88. The topological polar surface area (TPSA) is 46.3 Å². The van der Waals surface area contributed by atoms with E-state index in [1.54, 1.807) is 18.0 Å². The summed E-state index contributed by atoms with van der Waals surface area (Å²) in [6.07, 6.45) is 0.544. The quantitative estimate of drug-likeness (QED) is 0.867. The molecule has 0 aliphatic carbocycles. The molecule has 0 aromatic heterocycles. The molecule has 1 aromatic carbocycles. The van der Waals surface area contributed by atoms with Gasteiger partial charge in [-0.2, -0.15) is 0 Å². The van der Waals surface area contributed by atoms with Crippen LogP contribution in [0.25, 0.3) is 0 Å². The minimum atomic E-state index is -0.0382. The standard InChI is InChI=1S/C11H13BrN2OS/c1-14(7-6-10(13)16)11(15)8-4-2-3-5-9(8)12/h2-5H,6-7H2,1H3,(H2,13,16). The highest BCUT2D eigenvalue weighted by molar-refractivity contribution is 9.10. The summed E-state index contributed by atoms with van der Waals surface area (Å²) in [6.45, 7) is 0.537. The average molecular weight is 301 g/mol. The third kappa shape index (κ3) is 3.57. The maximum atomic E-state index is 12.0. The summed E-state index contributed by atoms with van der Waals surface area (Å²) >= 11 is 8.12. The maximum absolute atomic E-state index is 12.0. The van der Waals surface area contributed by atoms with Gasteiger partial charge in [0.1, 0.15) is 0 Å². The molecule has 5 heteroatoms. The molecule has 3 nitrogen and oxygen atoms in total. The Balaban J connectivity index is 2.71. The zero-order chi connectivity index (χ0) is 12.1. The van der Waals surface area contributed by atoms with Gasteiger partial charge in [-0.3, -0.25) is 4.79 Å². The van der Waals surface area contributed by atoms with Gasteiger partial charge in [-0.15, -0.1) is 0 Å². The van der Waals surface area contributed by atoms with Gasteiger partial charge in [0.2, 0.25) is 0 Å². The molecule has 0 saturated carbocycles. The lowest BCUT2D eigenvalue weighted by atomic mass is 10.2. The summed E-state index contributed by atoms with van der Waals surface area (Å²) in [5.74, 6) is -0.0382. The lowest BCUT2D eigenvalue weighted by Crippen LogP contribution is -2.30. The van der Waals surface area contributed by atoms with Gasteiger partial charge in [0.25, 0.3) is 5.91 Å². The molecule has 86 valence electrons. The van der Waals surface area contributed by atoms with E-state index < -0.39 is 0 Å². The van der Waals surface area contributed by atoms with Crippen molar-refractivity contribution in [3.05, 3.63) is 34.3 Å². The van der Waals surface area contributed by atoms with E-state index in [1.165, 1.54) is 0 Å². The van der Waals surface area contributed by atoms with E-state index in [2.05, 4.69) is 15.9 Å². The second-order valence-electron chi connectivity index (χ2n) is 3.42. The van der Waals surface area contributed by atoms with Gasteiger partial charge >= 0.3 is 0 Å². The number of carbonyl (C=O) groups is 1. The van der Waals surface area contributed by atoms with E-state index in [1.807, 2.05) is 18.2 Å². The van der Waals surface area contributed by atoms with Gasteiger partial charge in [-0.1, -0.05) is 24.4 Å². The number of hydrogen-bond acceptors (Lipinski definition) is 2. The van der Waals surface area contributed by atoms with Gasteiger partial charge in [-0.25, -0.2) is 0 Å². The fraction of sp³-hybridized carbons (Fsp3) is 0.273. The highest BCUT2D eigenvalue weighted by Crippen LogP contribution is 2.17. The fourth-order valence-corrected chi connectivity index (χ4v) is 1.77. The number of thiocarbonyl (C=S) groups is 1. The molecule has 2 N–H and O–H groups in total. The van der Waals surface area contributed by atoms with Crippen molar-refractivity contribution in [3.8, 4) is 0 Å². The molecule has 1 aromatic rings. The number of halogens is 1. The van der Waals surface area contributed by atoms with Crippen LogP contribution in [0.3, 0.4) is 0 Å². The van der Waals surface area contributed by atoms with E-state index in [4.69, 9.17) is 18.0 Å². The Morgan fingerprint density at radius 3 is 2.69 bits per heavy atom. The maximum Gasteiger partial charge on any atom is 0.254 e. The largest absolute Gasteiger partial charge is 0.393 e. The van der Waals surface area contributed by atoms with Crippen molar-refractivity contribution in [1.29, 1.82) is 0 Å². The number of benzene rings is 1. The summed E-state index contributed by atoms with van der Waals surface area (Å²) in [5.41, 5.74) is 6.04. The van der Waals surface area contributed by atoms with Crippen molar-refractivity contribution in [3.63, 3.8) is 0 Å². The van der Waals surface area contributed by atoms with E-state index in [9.17, 15) is 4.79 Å². The summed E-state index contributed by atoms with van der Waals surface area (Å²) < 4.78 is 0.794. The Morgan fingerprint density at radius 2 is 2.12 bits per heavy atom. The van der Waals surface area contributed by atoms with Crippen LogP contribution >= 0.6 is 28.1 Å². The molecule has 0 bridgehead atoms. The molecule has 16 heavy (non-hydrogen) atoms. The molecule has 0 fully saturated rings. The molecule has 1 amide bonds. The number of amides is 1. The minimum absolute atomic E-state index is 0.0382. The lowest BCUT2D eigenvalue weighted by Gasteiger charge is -2.17. The molecule has 1 rings (SSSR count). The van der Waals surface area contributed by atoms with Gasteiger partial charge in [-0.05, 0) is 28.1 Å². The van der Waals surface area contributed by atoms with Crippen LogP contribution in [-0.2, 0) is 0 Å². The number of nitrogens with zero attached hydrogens (tertiary/aromatic N) is 1. The third-order valence-corrected chi connectivity index (χ3v) is 3.04. The summed E-state index contributed by atoms with van der Waals surface area (Å²) in [6, 6.07) is 7.33. The second kappa shape index (κ2) is 5.96. The molecule has 0 heterocycles. The first-order valence-corrected chi connectivity index (χ1v) is 6.01. The first-order chi connectivity index (χ1) is 7.52. The number of nitrogens with two attached hydrogens (primary N) is 1. The van der Waals surface area contributed by atoms with E-state index >= 15 is 0 Å². The Kier molecular flexibility index (Phi) is 4.89. The Hall–Kier alpha value is -0.940. The van der Waals surface area contributed by atoms with Crippen LogP contribution in [0.1, 0.15) is 16.8 Å². The number of hydrogen-bond donors (Lipinski definition) is 1. The minimum Gasteiger partial charge on any atom is -0.393 e. The van der Waals surface area contributed by atoms with Crippen LogP contribution in [0.2, 0.25) is 0 Å². The summed E-state index contributed by atoms with van der Waals surface area (Å²) in [7, 11) is 1.74. The highest BCUT2D eigenvalue weighted by atomic mass is 79.9. The summed E-state index contributed by atoms with van der Waals surface area (Å²) in [5, 5.41) is 0. The van der Waals surface area contributed by atoms with Crippen molar-refractivity contribution in [2.45, 2.75) is 6.42 Å². The van der Waals surface area contributed by atoms with Crippen molar-refractivity contribution >= 4 is 39.0 Å².